The highest BCUT2D eigenvalue weighted by atomic mass is 16.3. The first kappa shape index (κ1) is 15.8. The predicted octanol–water partition coefficient (Wildman–Crippen LogP) is 6.55. The molecule has 3 aromatic carbocycles. The van der Waals surface area contributed by atoms with Crippen LogP contribution in [0.1, 0.15) is 16.7 Å². The van der Waals surface area contributed by atoms with Crippen LogP contribution in [0.3, 0.4) is 0 Å². The summed E-state index contributed by atoms with van der Waals surface area (Å²) in [4.78, 5) is 4.71. The van der Waals surface area contributed by atoms with Crippen molar-refractivity contribution in [3.63, 3.8) is 0 Å². The minimum absolute atomic E-state index is 0.901. The normalized spacial score (nSPS) is 11.3. The highest BCUT2D eigenvalue weighted by Gasteiger charge is 2.13. The zero-order valence-electron chi connectivity index (χ0n) is 15.1. The molecule has 5 aromatic rings. The van der Waals surface area contributed by atoms with Gasteiger partial charge in [-0.1, -0.05) is 60.7 Å². The Morgan fingerprint density at radius 2 is 1.59 bits per heavy atom. The molecule has 0 N–H and O–H groups in total. The molecule has 0 unspecified atom stereocenters. The Hall–Kier alpha value is -3.39. The van der Waals surface area contributed by atoms with Crippen molar-refractivity contribution < 1.29 is 4.42 Å². The van der Waals surface area contributed by atoms with Gasteiger partial charge in [0.1, 0.15) is 11.2 Å². The van der Waals surface area contributed by atoms with Gasteiger partial charge in [0.15, 0.2) is 0 Å². The lowest BCUT2D eigenvalue weighted by atomic mass is 9.99. The molecule has 2 aromatic heterocycles. The van der Waals surface area contributed by atoms with E-state index in [2.05, 4.69) is 67.6 Å². The van der Waals surface area contributed by atoms with Crippen LogP contribution < -0.4 is 0 Å². The van der Waals surface area contributed by atoms with E-state index in [0.717, 1.165) is 39.6 Å². The lowest BCUT2D eigenvalue weighted by molar-refractivity contribution is 0.670. The number of benzene rings is 3. The van der Waals surface area contributed by atoms with Crippen molar-refractivity contribution in [1.82, 2.24) is 4.98 Å². The second-order valence-corrected chi connectivity index (χ2v) is 6.94. The number of aryl methyl sites for hydroxylation is 1. The summed E-state index contributed by atoms with van der Waals surface area (Å²) in [5.74, 6) is 0. The third kappa shape index (κ3) is 2.80. The minimum Gasteiger partial charge on any atom is -0.455 e. The molecule has 27 heavy (non-hydrogen) atoms. The van der Waals surface area contributed by atoms with Crippen molar-refractivity contribution in [3.05, 3.63) is 102 Å². The molecule has 0 bridgehead atoms. The summed E-state index contributed by atoms with van der Waals surface area (Å²) in [7, 11) is 0. The van der Waals surface area contributed by atoms with Crippen LogP contribution in [-0.4, -0.2) is 4.98 Å². The Balaban J connectivity index is 1.66. The summed E-state index contributed by atoms with van der Waals surface area (Å²) < 4.78 is 6.19. The van der Waals surface area contributed by atoms with Crippen LogP contribution in [-0.2, 0) is 6.42 Å². The Morgan fingerprint density at radius 1 is 0.815 bits per heavy atom. The predicted molar refractivity (Wildman–Crippen MR) is 111 cm³/mol. The smallest absolute Gasteiger partial charge is 0.144 e. The molecule has 0 spiro atoms. The summed E-state index contributed by atoms with van der Waals surface area (Å²) in [5, 5.41) is 2.28. The van der Waals surface area contributed by atoms with Crippen molar-refractivity contribution in [3.8, 4) is 11.3 Å². The topological polar surface area (TPSA) is 26.0 Å². The number of hydrogen-bond acceptors (Lipinski definition) is 2. The van der Waals surface area contributed by atoms with E-state index in [1.807, 2.05) is 24.4 Å². The fourth-order valence-electron chi connectivity index (χ4n) is 3.67. The minimum atomic E-state index is 0.901. The van der Waals surface area contributed by atoms with Crippen LogP contribution in [0.4, 0.5) is 0 Å². The average molecular weight is 349 g/mol. The standard InChI is InChI=1S/C25H19NO/c1-17-16-26-23(15-19(17)14-18-8-3-2-4-9-18)22-12-7-11-21-20-10-5-6-13-24(20)27-25(21)22/h2-13,15-16H,14H2,1H3. The molecule has 2 heteroatoms. The summed E-state index contributed by atoms with van der Waals surface area (Å²) in [6, 6.07) is 27.2. The SMILES string of the molecule is Cc1cnc(-c2cccc3c2oc2ccccc23)cc1Cc1ccccc1. The van der Waals surface area contributed by atoms with E-state index in [-0.39, 0.29) is 0 Å². The van der Waals surface area contributed by atoms with Crippen molar-refractivity contribution in [1.29, 1.82) is 0 Å². The first-order chi connectivity index (χ1) is 13.3. The Bertz CT molecular complexity index is 1250. The second-order valence-electron chi connectivity index (χ2n) is 6.94. The average Bonchev–Trinajstić information content (AvgIpc) is 3.09. The zero-order valence-corrected chi connectivity index (χ0v) is 15.1. The van der Waals surface area contributed by atoms with Crippen molar-refractivity contribution >= 4 is 21.9 Å². The number of pyridine rings is 1. The van der Waals surface area contributed by atoms with Gasteiger partial charge in [-0.3, -0.25) is 4.98 Å². The number of hydrogen-bond donors (Lipinski definition) is 0. The zero-order chi connectivity index (χ0) is 18.2. The van der Waals surface area contributed by atoms with E-state index in [1.54, 1.807) is 0 Å². The third-order valence-electron chi connectivity index (χ3n) is 5.13. The second kappa shape index (κ2) is 6.40. The molecule has 0 saturated heterocycles. The maximum Gasteiger partial charge on any atom is 0.144 e. The maximum atomic E-state index is 6.19. The lowest BCUT2D eigenvalue weighted by Crippen LogP contribution is -1.95. The van der Waals surface area contributed by atoms with E-state index in [0.29, 0.717) is 0 Å². The first-order valence-corrected chi connectivity index (χ1v) is 9.20. The molecule has 0 fully saturated rings. The van der Waals surface area contributed by atoms with E-state index in [9.17, 15) is 0 Å². The number of furan rings is 1. The molecule has 0 aliphatic heterocycles. The fourth-order valence-corrected chi connectivity index (χ4v) is 3.67. The third-order valence-corrected chi connectivity index (χ3v) is 5.13. The number of fused-ring (bicyclic) bond motifs is 3. The van der Waals surface area contributed by atoms with Crippen molar-refractivity contribution in [2.24, 2.45) is 0 Å². The van der Waals surface area contributed by atoms with E-state index in [1.165, 1.54) is 16.7 Å². The fraction of sp³-hybridized carbons (Fsp3) is 0.0800. The molecule has 0 radical (unpaired) electrons. The molecule has 0 saturated carbocycles. The van der Waals surface area contributed by atoms with Crippen LogP contribution in [0, 0.1) is 6.92 Å². The molecule has 130 valence electrons. The van der Waals surface area contributed by atoms with E-state index < -0.39 is 0 Å². The molecule has 0 amide bonds. The maximum absolute atomic E-state index is 6.19. The van der Waals surface area contributed by atoms with Crippen LogP contribution in [0.25, 0.3) is 33.2 Å². The summed E-state index contributed by atoms with van der Waals surface area (Å²) in [6.45, 7) is 2.12. The van der Waals surface area contributed by atoms with Gasteiger partial charge < -0.3 is 4.42 Å². The highest BCUT2D eigenvalue weighted by Crippen LogP contribution is 2.35. The molecular weight excluding hydrogens is 330 g/mol. The number of aromatic nitrogens is 1. The van der Waals surface area contributed by atoms with Gasteiger partial charge in [-0.15, -0.1) is 0 Å². The van der Waals surface area contributed by atoms with Gasteiger partial charge in [0.05, 0.1) is 5.69 Å². The number of nitrogens with zero attached hydrogens (tertiary/aromatic N) is 1. The Kier molecular flexibility index (Phi) is 3.75. The van der Waals surface area contributed by atoms with Crippen LogP contribution >= 0.6 is 0 Å². The van der Waals surface area contributed by atoms with Gasteiger partial charge in [-0.2, -0.15) is 0 Å². The Morgan fingerprint density at radius 3 is 2.48 bits per heavy atom. The van der Waals surface area contributed by atoms with Gasteiger partial charge in [-0.05, 0) is 48.2 Å². The Labute approximate surface area is 158 Å². The van der Waals surface area contributed by atoms with Gasteiger partial charge in [0.2, 0.25) is 0 Å². The monoisotopic (exact) mass is 349 g/mol. The molecule has 0 atom stereocenters. The largest absolute Gasteiger partial charge is 0.455 e. The quantitative estimate of drug-likeness (QED) is 0.369. The van der Waals surface area contributed by atoms with Crippen molar-refractivity contribution in [2.45, 2.75) is 13.3 Å². The summed E-state index contributed by atoms with van der Waals surface area (Å²) in [5.41, 5.74) is 7.62. The van der Waals surface area contributed by atoms with Crippen LogP contribution in [0.2, 0.25) is 0 Å². The molecule has 2 nitrogen and oxygen atoms in total. The van der Waals surface area contributed by atoms with Gasteiger partial charge in [0.25, 0.3) is 0 Å². The lowest BCUT2D eigenvalue weighted by Gasteiger charge is -2.09. The summed E-state index contributed by atoms with van der Waals surface area (Å²) in [6.07, 6.45) is 2.87. The number of rotatable bonds is 3. The van der Waals surface area contributed by atoms with Gasteiger partial charge in [-0.25, -0.2) is 0 Å². The molecule has 5 rings (SSSR count). The van der Waals surface area contributed by atoms with Crippen LogP contribution in [0.15, 0.2) is 89.5 Å². The van der Waals surface area contributed by atoms with Gasteiger partial charge in [0, 0.05) is 22.5 Å². The molecular formula is C25H19NO. The molecule has 2 heterocycles. The molecule has 0 aliphatic rings. The van der Waals surface area contributed by atoms with Gasteiger partial charge >= 0.3 is 0 Å². The van der Waals surface area contributed by atoms with Crippen LogP contribution in [0.5, 0.6) is 0 Å². The highest BCUT2D eigenvalue weighted by molar-refractivity contribution is 6.09. The summed E-state index contributed by atoms with van der Waals surface area (Å²) >= 11 is 0. The molecule has 0 aliphatic carbocycles. The first-order valence-electron chi connectivity index (χ1n) is 9.20. The number of para-hydroxylation sites is 2. The van der Waals surface area contributed by atoms with Crippen molar-refractivity contribution in [2.75, 3.05) is 0 Å². The van der Waals surface area contributed by atoms with E-state index in [4.69, 9.17) is 9.40 Å². The van der Waals surface area contributed by atoms with E-state index >= 15 is 0 Å².